The summed E-state index contributed by atoms with van der Waals surface area (Å²) in [6.45, 7) is 3.62. The highest BCUT2D eigenvalue weighted by molar-refractivity contribution is 6.01. The number of benzene rings is 2. The molecule has 31 heavy (non-hydrogen) atoms. The van der Waals surface area contributed by atoms with Crippen molar-refractivity contribution >= 4 is 28.7 Å². The zero-order chi connectivity index (χ0) is 21.6. The van der Waals surface area contributed by atoms with Gasteiger partial charge in [-0.2, -0.15) is 0 Å². The Hall–Kier alpha value is -3.38. The monoisotopic (exact) mass is 416 g/mol. The summed E-state index contributed by atoms with van der Waals surface area (Å²) in [5, 5.41) is 1.23. The van der Waals surface area contributed by atoms with Gasteiger partial charge in [0.1, 0.15) is 11.4 Å². The molecule has 1 aromatic heterocycles. The van der Waals surface area contributed by atoms with E-state index in [0.717, 1.165) is 11.1 Å². The number of nitrogens with zero attached hydrogens (tertiary/aromatic N) is 1. The molecule has 1 atom stereocenters. The lowest BCUT2D eigenvalue weighted by atomic mass is 9.82. The van der Waals surface area contributed by atoms with Gasteiger partial charge in [-0.25, -0.2) is 4.79 Å². The quantitative estimate of drug-likeness (QED) is 0.511. The standard InChI is InChI=1S/C25H24N2O4/c1-16(20-13-26-21-6-4-3-5-18(20)21)27-14-25(15-27)12-22(28)19-11-17(7-9-23(19)31-25)8-10-24(29)30-2/h3-11,13,16,26H,12,14-15H2,1-2H3. The SMILES string of the molecule is COC(=O)C=Cc1ccc2c(c1)C(=O)CC1(CN(C(C)c3c[nH]c4ccccc34)C1)O2. The van der Waals surface area contributed by atoms with Crippen LogP contribution in [0, 0.1) is 0 Å². The van der Waals surface area contributed by atoms with Crippen LogP contribution >= 0.6 is 0 Å². The number of carbonyl (C=O) groups excluding carboxylic acids is 2. The molecule has 0 saturated carbocycles. The van der Waals surface area contributed by atoms with Crippen LogP contribution in [0.15, 0.2) is 54.7 Å². The molecular weight excluding hydrogens is 392 g/mol. The highest BCUT2D eigenvalue weighted by Crippen LogP contribution is 2.42. The fraction of sp³-hybridized carbons (Fsp3) is 0.280. The average molecular weight is 416 g/mol. The van der Waals surface area contributed by atoms with Crippen molar-refractivity contribution in [1.29, 1.82) is 0 Å². The first kappa shape index (κ1) is 19.6. The Morgan fingerprint density at radius 3 is 2.87 bits per heavy atom. The normalized spacial score (nSPS) is 18.6. The van der Waals surface area contributed by atoms with Gasteiger partial charge in [-0.3, -0.25) is 9.69 Å². The summed E-state index contributed by atoms with van der Waals surface area (Å²) in [5.41, 5.74) is 3.26. The van der Waals surface area contributed by atoms with E-state index in [4.69, 9.17) is 4.74 Å². The Balaban J connectivity index is 1.31. The van der Waals surface area contributed by atoms with E-state index in [0.29, 0.717) is 30.8 Å². The number of aromatic nitrogens is 1. The summed E-state index contributed by atoms with van der Waals surface area (Å²) in [6, 6.07) is 14.0. The molecule has 2 aliphatic rings. The third kappa shape index (κ3) is 3.43. The molecule has 5 rings (SSSR count). The number of nitrogens with one attached hydrogen (secondary N) is 1. The van der Waals surface area contributed by atoms with E-state index >= 15 is 0 Å². The number of ether oxygens (including phenoxy) is 2. The second-order valence-corrected chi connectivity index (χ2v) is 8.37. The molecule has 6 heteroatoms. The van der Waals surface area contributed by atoms with Crippen molar-refractivity contribution in [2.45, 2.75) is 25.0 Å². The molecule has 3 aromatic rings. The number of carbonyl (C=O) groups is 2. The highest BCUT2D eigenvalue weighted by atomic mass is 16.5. The van der Waals surface area contributed by atoms with E-state index in [2.05, 4.69) is 45.9 Å². The minimum absolute atomic E-state index is 0.0777. The van der Waals surface area contributed by atoms with Gasteiger partial charge in [-0.05, 0) is 42.3 Å². The van der Waals surface area contributed by atoms with E-state index in [-0.39, 0.29) is 11.8 Å². The number of fused-ring (bicyclic) bond motifs is 2. The molecule has 2 aliphatic heterocycles. The van der Waals surface area contributed by atoms with Gasteiger partial charge in [-0.15, -0.1) is 0 Å². The van der Waals surface area contributed by atoms with E-state index in [1.165, 1.54) is 24.1 Å². The number of rotatable bonds is 4. The maximum Gasteiger partial charge on any atom is 0.330 e. The van der Waals surface area contributed by atoms with Crippen LogP contribution in [0.25, 0.3) is 17.0 Å². The number of H-pyrrole nitrogens is 1. The van der Waals surface area contributed by atoms with E-state index in [9.17, 15) is 9.59 Å². The Morgan fingerprint density at radius 2 is 2.06 bits per heavy atom. The van der Waals surface area contributed by atoms with Crippen LogP contribution in [0.3, 0.4) is 0 Å². The van der Waals surface area contributed by atoms with Crippen LogP contribution in [0.5, 0.6) is 5.75 Å². The molecule has 3 heterocycles. The summed E-state index contributed by atoms with van der Waals surface area (Å²) in [4.78, 5) is 29.9. The molecule has 0 amide bonds. The Kier molecular flexibility index (Phi) is 4.67. The van der Waals surface area contributed by atoms with Crippen LogP contribution in [0.1, 0.15) is 40.9 Å². The summed E-state index contributed by atoms with van der Waals surface area (Å²) < 4.78 is 10.9. The first-order chi connectivity index (χ1) is 15.0. The molecular formula is C25H24N2O4. The van der Waals surface area contributed by atoms with Crippen LogP contribution in [-0.2, 0) is 9.53 Å². The van der Waals surface area contributed by atoms with Crippen LogP contribution in [0.2, 0.25) is 0 Å². The molecule has 6 nitrogen and oxygen atoms in total. The lowest BCUT2D eigenvalue weighted by molar-refractivity contribution is -0.134. The average Bonchev–Trinajstić information content (AvgIpc) is 3.19. The number of hydrogen-bond acceptors (Lipinski definition) is 5. The minimum Gasteiger partial charge on any atom is -0.483 e. The molecule has 0 bridgehead atoms. The van der Waals surface area contributed by atoms with Gasteiger partial charge < -0.3 is 14.5 Å². The first-order valence-corrected chi connectivity index (χ1v) is 10.4. The van der Waals surface area contributed by atoms with E-state index in [1.54, 1.807) is 12.1 Å². The molecule has 1 N–H and O–H groups in total. The Bertz CT molecular complexity index is 1200. The van der Waals surface area contributed by atoms with Crippen molar-refractivity contribution in [3.05, 3.63) is 71.4 Å². The van der Waals surface area contributed by atoms with Crippen molar-refractivity contribution in [3.63, 3.8) is 0 Å². The third-order valence-electron chi connectivity index (χ3n) is 6.33. The summed E-state index contributed by atoms with van der Waals surface area (Å²) in [5.74, 6) is 0.262. The van der Waals surface area contributed by atoms with Crippen LogP contribution in [0.4, 0.5) is 0 Å². The summed E-state index contributed by atoms with van der Waals surface area (Å²) in [6.07, 6.45) is 5.41. The first-order valence-electron chi connectivity index (χ1n) is 10.4. The maximum absolute atomic E-state index is 12.9. The Morgan fingerprint density at radius 1 is 1.26 bits per heavy atom. The molecule has 2 aromatic carbocycles. The topological polar surface area (TPSA) is 71.6 Å². The van der Waals surface area contributed by atoms with Gasteiger partial charge in [0.25, 0.3) is 0 Å². The molecule has 1 spiro atoms. The zero-order valence-corrected chi connectivity index (χ0v) is 17.6. The summed E-state index contributed by atoms with van der Waals surface area (Å²) >= 11 is 0. The van der Waals surface area contributed by atoms with Crippen LogP contribution in [-0.4, -0.2) is 47.4 Å². The lowest BCUT2D eigenvalue weighted by Crippen LogP contribution is -2.67. The number of aromatic amines is 1. The predicted octanol–water partition coefficient (Wildman–Crippen LogP) is 4.13. The van der Waals surface area contributed by atoms with Gasteiger partial charge in [0.15, 0.2) is 5.78 Å². The molecule has 1 fully saturated rings. The second kappa shape index (κ2) is 7.39. The van der Waals surface area contributed by atoms with Gasteiger partial charge >= 0.3 is 5.97 Å². The van der Waals surface area contributed by atoms with Crippen molar-refractivity contribution in [2.75, 3.05) is 20.2 Å². The summed E-state index contributed by atoms with van der Waals surface area (Å²) in [7, 11) is 1.33. The number of para-hydroxylation sites is 1. The lowest BCUT2D eigenvalue weighted by Gasteiger charge is -2.53. The largest absolute Gasteiger partial charge is 0.483 e. The minimum atomic E-state index is -0.464. The Labute approximate surface area is 180 Å². The third-order valence-corrected chi connectivity index (χ3v) is 6.33. The number of Topliss-reactive ketones (excluding diaryl/α,β-unsaturated/α-hetero) is 1. The number of methoxy groups -OCH3 is 1. The number of ketones is 1. The van der Waals surface area contributed by atoms with E-state index < -0.39 is 11.6 Å². The van der Waals surface area contributed by atoms with Crippen molar-refractivity contribution in [3.8, 4) is 5.75 Å². The molecule has 158 valence electrons. The van der Waals surface area contributed by atoms with Gasteiger partial charge in [0.2, 0.25) is 0 Å². The molecule has 0 aliphatic carbocycles. The fourth-order valence-electron chi connectivity index (χ4n) is 4.63. The predicted molar refractivity (Wildman–Crippen MR) is 118 cm³/mol. The van der Waals surface area contributed by atoms with Crippen LogP contribution < -0.4 is 4.74 Å². The number of hydrogen-bond donors (Lipinski definition) is 1. The van der Waals surface area contributed by atoms with E-state index in [1.807, 2.05) is 18.2 Å². The maximum atomic E-state index is 12.9. The van der Waals surface area contributed by atoms with Crippen molar-refractivity contribution in [1.82, 2.24) is 9.88 Å². The van der Waals surface area contributed by atoms with Gasteiger partial charge in [0, 0.05) is 42.3 Å². The smallest absolute Gasteiger partial charge is 0.330 e. The second-order valence-electron chi connectivity index (χ2n) is 8.37. The highest BCUT2D eigenvalue weighted by Gasteiger charge is 2.51. The molecule has 0 radical (unpaired) electrons. The number of esters is 1. The number of likely N-dealkylation sites (tertiary alicyclic amines) is 1. The molecule has 1 unspecified atom stereocenters. The van der Waals surface area contributed by atoms with Crippen molar-refractivity contribution in [2.24, 2.45) is 0 Å². The van der Waals surface area contributed by atoms with Crippen molar-refractivity contribution < 1.29 is 19.1 Å². The van der Waals surface area contributed by atoms with Gasteiger partial charge in [0.05, 0.1) is 19.1 Å². The zero-order valence-electron chi connectivity index (χ0n) is 17.6. The molecule has 1 saturated heterocycles. The van der Waals surface area contributed by atoms with Gasteiger partial charge in [-0.1, -0.05) is 24.3 Å². The fourth-order valence-corrected chi connectivity index (χ4v) is 4.63.